The average molecular weight is 553 g/mol. The van der Waals surface area contributed by atoms with Crippen molar-refractivity contribution in [1.82, 2.24) is 9.80 Å². The van der Waals surface area contributed by atoms with Gasteiger partial charge in [-0.3, -0.25) is 4.79 Å². The van der Waals surface area contributed by atoms with Crippen LogP contribution in [0.1, 0.15) is 29.5 Å². The van der Waals surface area contributed by atoms with E-state index in [1.807, 2.05) is 60.4 Å². The van der Waals surface area contributed by atoms with Crippen molar-refractivity contribution in [2.24, 2.45) is 15.0 Å². The normalized spacial score (nSPS) is 15.3. The number of urea groups is 1. The van der Waals surface area contributed by atoms with Crippen molar-refractivity contribution in [2.45, 2.75) is 44.8 Å². The van der Waals surface area contributed by atoms with Crippen LogP contribution in [0.25, 0.3) is 0 Å². The molecule has 0 aromatic heterocycles. The molecule has 2 aromatic rings. The summed E-state index contributed by atoms with van der Waals surface area (Å²) < 4.78 is 5.68. The maximum Gasteiger partial charge on any atom is 0.410 e. The van der Waals surface area contributed by atoms with Gasteiger partial charge in [0.2, 0.25) is 0 Å². The number of fused-ring (bicyclic) bond motifs is 1. The molecule has 0 spiro atoms. The SMILES string of the molecule is CN=C=C=NC=C=C=NC(=O)[C@@H](Cc1cccc(C)c1)OC(=O)N1CCC(N2CCc3ccccc3NC2=O)CC1. The van der Waals surface area contributed by atoms with Crippen molar-refractivity contribution in [2.75, 3.05) is 32.0 Å². The van der Waals surface area contributed by atoms with Crippen LogP contribution >= 0.6 is 0 Å². The molecule has 1 fully saturated rings. The molecule has 2 aliphatic heterocycles. The molecule has 0 bridgehead atoms. The lowest BCUT2D eigenvalue weighted by molar-refractivity contribution is -0.126. The number of anilines is 1. The number of likely N-dealkylation sites (tertiary alicyclic amines) is 1. The van der Waals surface area contributed by atoms with Crippen LogP contribution in [0.5, 0.6) is 0 Å². The number of nitrogens with one attached hydrogen (secondary N) is 1. The Bertz CT molecular complexity index is 1480. The molecule has 1 atom stereocenters. The number of aryl methyl sites for hydroxylation is 1. The second kappa shape index (κ2) is 14.4. The minimum atomic E-state index is -1.14. The van der Waals surface area contributed by atoms with Gasteiger partial charge in [0.1, 0.15) is 0 Å². The third kappa shape index (κ3) is 8.26. The number of carbonyl (C=O) groups excluding carboxylic acids is 3. The zero-order chi connectivity index (χ0) is 29.0. The van der Waals surface area contributed by atoms with Crippen LogP contribution in [0.15, 0.2) is 75.4 Å². The van der Waals surface area contributed by atoms with E-state index < -0.39 is 18.1 Å². The summed E-state index contributed by atoms with van der Waals surface area (Å²) in [5, 5.41) is 3.01. The lowest BCUT2D eigenvalue weighted by Gasteiger charge is -2.37. The van der Waals surface area contributed by atoms with Gasteiger partial charge in [0.05, 0.1) is 17.9 Å². The maximum absolute atomic E-state index is 13.1. The summed E-state index contributed by atoms with van der Waals surface area (Å²) in [6.07, 6.45) is 1.63. The molecule has 10 nitrogen and oxygen atoms in total. The average Bonchev–Trinajstić information content (AvgIpc) is 3.14. The van der Waals surface area contributed by atoms with Gasteiger partial charge in [0.15, 0.2) is 6.10 Å². The van der Waals surface area contributed by atoms with E-state index in [4.69, 9.17) is 4.74 Å². The number of hydrogen-bond acceptors (Lipinski definition) is 6. The number of benzene rings is 2. The molecule has 210 valence electrons. The third-order valence-corrected chi connectivity index (χ3v) is 6.91. The highest BCUT2D eigenvalue weighted by atomic mass is 16.6. The van der Waals surface area contributed by atoms with E-state index in [1.165, 1.54) is 13.2 Å². The van der Waals surface area contributed by atoms with Gasteiger partial charge in [0.25, 0.3) is 5.91 Å². The number of aliphatic imine (C=N–C) groups is 3. The largest absolute Gasteiger partial charge is 0.435 e. The summed E-state index contributed by atoms with van der Waals surface area (Å²) in [5.74, 6) is 6.53. The second-order valence-corrected chi connectivity index (χ2v) is 9.73. The zero-order valence-corrected chi connectivity index (χ0v) is 23.2. The molecule has 2 aromatic carbocycles. The van der Waals surface area contributed by atoms with Crippen molar-refractivity contribution in [3.63, 3.8) is 0 Å². The molecule has 0 saturated carbocycles. The molecule has 4 rings (SSSR count). The Hall–Kier alpha value is -4.96. The summed E-state index contributed by atoms with van der Waals surface area (Å²) in [5.41, 5.74) is 6.32. The van der Waals surface area contributed by atoms with Crippen LogP contribution < -0.4 is 5.32 Å². The highest BCUT2D eigenvalue weighted by Crippen LogP contribution is 2.25. The van der Waals surface area contributed by atoms with E-state index in [0.717, 1.165) is 28.8 Å². The van der Waals surface area contributed by atoms with Gasteiger partial charge < -0.3 is 19.9 Å². The molecule has 10 heteroatoms. The number of piperidine rings is 1. The van der Waals surface area contributed by atoms with Crippen LogP contribution in [0.2, 0.25) is 0 Å². The van der Waals surface area contributed by atoms with Crippen LogP contribution in [-0.4, -0.2) is 84.3 Å². The van der Waals surface area contributed by atoms with Crippen LogP contribution in [0, 0.1) is 6.92 Å². The third-order valence-electron chi connectivity index (χ3n) is 6.91. The minimum absolute atomic E-state index is 0.000659. The molecule has 0 radical (unpaired) electrons. The Labute approximate surface area is 239 Å². The van der Waals surface area contributed by atoms with Crippen molar-refractivity contribution >= 4 is 41.3 Å². The van der Waals surface area contributed by atoms with Gasteiger partial charge >= 0.3 is 12.1 Å². The molecular weight excluding hydrogens is 520 g/mol. The molecule has 41 heavy (non-hydrogen) atoms. The summed E-state index contributed by atoms with van der Waals surface area (Å²) >= 11 is 0. The first-order chi connectivity index (χ1) is 19.9. The van der Waals surface area contributed by atoms with Crippen molar-refractivity contribution < 1.29 is 19.1 Å². The number of ether oxygens (including phenoxy) is 1. The summed E-state index contributed by atoms with van der Waals surface area (Å²) in [4.78, 5) is 53.4. The Morgan fingerprint density at radius 3 is 2.68 bits per heavy atom. The minimum Gasteiger partial charge on any atom is -0.435 e. The van der Waals surface area contributed by atoms with Gasteiger partial charge in [-0.2, -0.15) is 9.98 Å². The van der Waals surface area contributed by atoms with E-state index in [0.29, 0.717) is 32.5 Å². The van der Waals surface area contributed by atoms with Crippen molar-refractivity contribution in [1.29, 1.82) is 0 Å². The number of rotatable bonds is 6. The van der Waals surface area contributed by atoms with E-state index in [-0.39, 0.29) is 18.5 Å². The van der Waals surface area contributed by atoms with Crippen LogP contribution in [0.4, 0.5) is 15.3 Å². The van der Waals surface area contributed by atoms with E-state index in [9.17, 15) is 14.4 Å². The first-order valence-corrected chi connectivity index (χ1v) is 13.5. The molecule has 2 heterocycles. The highest BCUT2D eigenvalue weighted by molar-refractivity contribution is 5.91. The van der Waals surface area contributed by atoms with E-state index in [2.05, 4.69) is 43.6 Å². The molecule has 1 saturated heterocycles. The Morgan fingerprint density at radius 1 is 1.10 bits per heavy atom. The van der Waals surface area contributed by atoms with Crippen LogP contribution in [0.3, 0.4) is 0 Å². The Morgan fingerprint density at radius 2 is 1.90 bits per heavy atom. The van der Waals surface area contributed by atoms with Gasteiger partial charge in [0, 0.05) is 50.7 Å². The number of amides is 4. The Kier molecular flexibility index (Phi) is 10.2. The van der Waals surface area contributed by atoms with Crippen LogP contribution in [-0.2, 0) is 22.4 Å². The topological polar surface area (TPSA) is 116 Å². The standard InChI is InChI=1S/C31H32N6O4/c1-23-7-5-8-24(21-23)22-28(29(38)34-15-6-14-33-17-16-32-2)41-31(40)36-18-12-26(13-19-36)37-20-11-25-9-3-4-10-27(25)35-30(37)39/h3-5,7-10,14,21,26,28H,11-13,18-20,22H2,1-2H3,(H,35,39)/t28-/m1/s1. The van der Waals surface area contributed by atoms with Gasteiger partial charge in [-0.25, -0.2) is 14.6 Å². The fourth-order valence-corrected chi connectivity index (χ4v) is 4.86. The van der Waals surface area contributed by atoms with E-state index in [1.54, 1.807) is 4.90 Å². The van der Waals surface area contributed by atoms with E-state index >= 15 is 0 Å². The molecule has 1 N–H and O–H groups in total. The first-order valence-electron chi connectivity index (χ1n) is 13.5. The molecule has 0 aliphatic carbocycles. The summed E-state index contributed by atoms with van der Waals surface area (Å²) in [6, 6.07) is 15.3. The van der Waals surface area contributed by atoms with Gasteiger partial charge in [-0.05, 0) is 49.1 Å². The van der Waals surface area contributed by atoms with Gasteiger partial charge in [-0.15, -0.1) is 0 Å². The summed E-state index contributed by atoms with van der Waals surface area (Å²) in [7, 11) is 1.54. The number of carbonyl (C=O) groups is 3. The second-order valence-electron chi connectivity index (χ2n) is 9.73. The highest BCUT2D eigenvalue weighted by Gasteiger charge is 2.33. The predicted molar refractivity (Wildman–Crippen MR) is 157 cm³/mol. The molecule has 4 amide bonds. The fourth-order valence-electron chi connectivity index (χ4n) is 4.86. The monoisotopic (exact) mass is 552 g/mol. The number of nitrogens with zero attached hydrogens (tertiary/aromatic N) is 5. The first kappa shape index (κ1) is 29.0. The Balaban J connectivity index is 1.39. The van der Waals surface area contributed by atoms with Crippen molar-refractivity contribution in [3.05, 3.63) is 77.2 Å². The fraction of sp³-hybridized carbons (Fsp3) is 0.355. The lowest BCUT2D eigenvalue weighted by atomic mass is 10.0. The quantitative estimate of drug-likeness (QED) is 0.431. The predicted octanol–water partition coefficient (Wildman–Crippen LogP) is 3.99. The zero-order valence-electron chi connectivity index (χ0n) is 23.2. The summed E-state index contributed by atoms with van der Waals surface area (Å²) in [6.45, 7) is 3.37. The maximum atomic E-state index is 13.1. The number of para-hydroxylation sites is 1. The molecule has 0 unspecified atom stereocenters. The lowest BCUT2D eigenvalue weighted by Crippen LogP contribution is -2.50. The van der Waals surface area contributed by atoms with Crippen molar-refractivity contribution in [3.8, 4) is 0 Å². The smallest absolute Gasteiger partial charge is 0.410 e. The van der Waals surface area contributed by atoms with Gasteiger partial charge in [-0.1, -0.05) is 48.0 Å². The molecule has 2 aliphatic rings. The molecular formula is C31H32N6O4. The number of hydrogen-bond donors (Lipinski definition) is 1.